The zero-order chi connectivity index (χ0) is 25.1. The van der Waals surface area contributed by atoms with Crippen molar-refractivity contribution in [3.05, 3.63) is 90.0 Å². The number of amides is 1. The van der Waals surface area contributed by atoms with Gasteiger partial charge in [0.1, 0.15) is 11.6 Å². The second-order valence-corrected chi connectivity index (χ2v) is 8.47. The predicted octanol–water partition coefficient (Wildman–Crippen LogP) is 4.15. The molecule has 2 N–H and O–H groups in total. The molecule has 0 aromatic heterocycles. The molecule has 9 heteroatoms. The van der Waals surface area contributed by atoms with Crippen LogP contribution in [0.1, 0.15) is 15.9 Å². The van der Waals surface area contributed by atoms with E-state index in [4.69, 9.17) is 19.4 Å². The summed E-state index contributed by atoms with van der Waals surface area (Å²) in [5.41, 5.74) is 4.69. The molecule has 1 amide bonds. The molecule has 0 atom stereocenters. The molecule has 1 fully saturated rings. The molecule has 2 heterocycles. The standard InChI is InChI=1S/C27H26FN3O5/c1-18(30-9-11-34-12-10-30)31(16-22-6-5-21(14-24(22)28)27(32)29-33)23-4-2-3-19(13-23)20-7-8-25-26(15-20)36-17-35-25/h2-8,13-15,33H,1,9-12,16-17H2,(H,29,32). The van der Waals surface area contributed by atoms with Crippen LogP contribution in [0.3, 0.4) is 0 Å². The highest BCUT2D eigenvalue weighted by atomic mass is 19.1. The van der Waals surface area contributed by atoms with Crippen molar-refractivity contribution in [2.45, 2.75) is 6.54 Å². The first-order chi connectivity index (χ1) is 17.5. The van der Waals surface area contributed by atoms with Crippen LogP contribution in [0, 0.1) is 5.82 Å². The van der Waals surface area contributed by atoms with Gasteiger partial charge in [-0.05, 0) is 47.5 Å². The summed E-state index contributed by atoms with van der Waals surface area (Å²) in [4.78, 5) is 15.8. The van der Waals surface area contributed by atoms with Crippen molar-refractivity contribution in [1.82, 2.24) is 10.4 Å². The molecule has 8 nitrogen and oxygen atoms in total. The van der Waals surface area contributed by atoms with Crippen molar-refractivity contribution in [1.29, 1.82) is 0 Å². The summed E-state index contributed by atoms with van der Waals surface area (Å²) in [6.07, 6.45) is 0. The normalized spacial score (nSPS) is 14.4. The van der Waals surface area contributed by atoms with Gasteiger partial charge in [0.15, 0.2) is 11.5 Å². The number of carbonyl (C=O) groups excluding carboxylic acids is 1. The van der Waals surface area contributed by atoms with Gasteiger partial charge < -0.3 is 24.0 Å². The van der Waals surface area contributed by atoms with E-state index in [0.717, 1.165) is 28.7 Å². The molecule has 3 aromatic rings. The Bertz CT molecular complexity index is 1290. The number of hydrogen-bond acceptors (Lipinski definition) is 7. The number of rotatable bonds is 7. The fourth-order valence-electron chi connectivity index (χ4n) is 4.30. The summed E-state index contributed by atoms with van der Waals surface area (Å²) in [6, 6.07) is 17.8. The van der Waals surface area contributed by atoms with Crippen LogP contribution in [-0.4, -0.2) is 49.1 Å². The maximum atomic E-state index is 15.0. The van der Waals surface area contributed by atoms with E-state index in [-0.39, 0.29) is 18.9 Å². The van der Waals surface area contributed by atoms with E-state index in [1.54, 1.807) is 6.07 Å². The van der Waals surface area contributed by atoms with Gasteiger partial charge in [-0.25, -0.2) is 9.87 Å². The Kier molecular flexibility index (Phi) is 6.75. The topological polar surface area (TPSA) is 83.5 Å². The molecule has 36 heavy (non-hydrogen) atoms. The van der Waals surface area contributed by atoms with E-state index in [2.05, 4.69) is 11.5 Å². The molecule has 3 aromatic carbocycles. The van der Waals surface area contributed by atoms with E-state index in [9.17, 15) is 4.79 Å². The molecule has 0 aliphatic carbocycles. The third kappa shape index (κ3) is 4.84. The van der Waals surface area contributed by atoms with E-state index in [1.807, 2.05) is 47.4 Å². The molecule has 0 radical (unpaired) electrons. The molecular formula is C27H26FN3O5. The highest BCUT2D eigenvalue weighted by Gasteiger charge is 2.22. The number of nitrogens with one attached hydrogen (secondary N) is 1. The Hall–Kier alpha value is -4.08. The van der Waals surface area contributed by atoms with Crippen LogP contribution in [0.15, 0.2) is 73.1 Å². The largest absolute Gasteiger partial charge is 0.454 e. The van der Waals surface area contributed by atoms with Crippen molar-refractivity contribution in [3.63, 3.8) is 0 Å². The van der Waals surface area contributed by atoms with Crippen LogP contribution in [0.25, 0.3) is 11.1 Å². The van der Waals surface area contributed by atoms with Crippen molar-refractivity contribution >= 4 is 11.6 Å². The van der Waals surface area contributed by atoms with Gasteiger partial charge in [-0.3, -0.25) is 10.0 Å². The maximum Gasteiger partial charge on any atom is 0.274 e. The van der Waals surface area contributed by atoms with Crippen LogP contribution in [0.5, 0.6) is 11.5 Å². The molecule has 186 valence electrons. The lowest BCUT2D eigenvalue weighted by Gasteiger charge is -2.37. The number of nitrogens with zero attached hydrogens (tertiary/aromatic N) is 2. The zero-order valence-corrected chi connectivity index (χ0v) is 19.6. The lowest BCUT2D eigenvalue weighted by atomic mass is 10.0. The number of carbonyl (C=O) groups is 1. The van der Waals surface area contributed by atoms with Gasteiger partial charge in [0.25, 0.3) is 5.91 Å². The van der Waals surface area contributed by atoms with Gasteiger partial charge in [-0.1, -0.05) is 30.8 Å². The first-order valence-electron chi connectivity index (χ1n) is 11.6. The second-order valence-electron chi connectivity index (χ2n) is 8.47. The van der Waals surface area contributed by atoms with Gasteiger partial charge in [0.05, 0.1) is 19.8 Å². The SMILES string of the molecule is C=C(N1CCOCC1)N(Cc1ccc(C(=O)NO)cc1F)c1cccc(-c2ccc3c(c2)OCO3)c1. The molecule has 0 unspecified atom stereocenters. The van der Waals surface area contributed by atoms with E-state index in [0.29, 0.717) is 43.4 Å². The Morgan fingerprint density at radius 2 is 1.81 bits per heavy atom. The second kappa shape index (κ2) is 10.3. The monoisotopic (exact) mass is 491 g/mol. The highest BCUT2D eigenvalue weighted by Crippen LogP contribution is 2.37. The Labute approximate surface area is 208 Å². The van der Waals surface area contributed by atoms with Gasteiger partial charge >= 0.3 is 0 Å². The maximum absolute atomic E-state index is 15.0. The Balaban J connectivity index is 1.49. The fourth-order valence-corrected chi connectivity index (χ4v) is 4.30. The molecular weight excluding hydrogens is 465 g/mol. The van der Waals surface area contributed by atoms with Crippen LogP contribution in [0.2, 0.25) is 0 Å². The van der Waals surface area contributed by atoms with Gasteiger partial charge in [-0.2, -0.15) is 0 Å². The minimum atomic E-state index is -0.772. The van der Waals surface area contributed by atoms with Gasteiger partial charge in [0, 0.05) is 29.9 Å². The van der Waals surface area contributed by atoms with Crippen molar-refractivity contribution in [2.75, 3.05) is 38.0 Å². The summed E-state index contributed by atoms with van der Waals surface area (Å²) in [5.74, 6) is 0.805. The first-order valence-corrected chi connectivity index (χ1v) is 11.6. The fraction of sp³-hybridized carbons (Fsp3) is 0.222. The number of hydrogen-bond donors (Lipinski definition) is 2. The molecule has 0 bridgehead atoms. The minimum Gasteiger partial charge on any atom is -0.454 e. The average Bonchev–Trinajstić information content (AvgIpc) is 3.40. The number of anilines is 1. The van der Waals surface area contributed by atoms with Crippen molar-refractivity contribution in [2.24, 2.45) is 0 Å². The van der Waals surface area contributed by atoms with Gasteiger partial charge in [0.2, 0.25) is 6.79 Å². The summed E-state index contributed by atoms with van der Waals surface area (Å²) in [6.45, 7) is 7.25. The summed E-state index contributed by atoms with van der Waals surface area (Å²) in [7, 11) is 0. The number of fused-ring (bicyclic) bond motifs is 1. The lowest BCUT2D eigenvalue weighted by molar-refractivity contribution is 0.0525. The van der Waals surface area contributed by atoms with Gasteiger partial charge in [-0.15, -0.1) is 0 Å². The zero-order valence-electron chi connectivity index (χ0n) is 19.6. The van der Waals surface area contributed by atoms with Crippen LogP contribution >= 0.6 is 0 Å². The third-order valence-corrected chi connectivity index (χ3v) is 6.30. The minimum absolute atomic E-state index is 0.0297. The van der Waals surface area contributed by atoms with Crippen molar-refractivity contribution < 1.29 is 28.6 Å². The van der Waals surface area contributed by atoms with Crippen LogP contribution in [0.4, 0.5) is 10.1 Å². The first kappa shape index (κ1) is 23.7. The summed E-state index contributed by atoms with van der Waals surface area (Å²) in [5, 5.41) is 8.86. The molecule has 1 saturated heterocycles. The molecule has 0 saturated carbocycles. The smallest absolute Gasteiger partial charge is 0.274 e. The Morgan fingerprint density at radius 3 is 2.58 bits per heavy atom. The summed E-state index contributed by atoms with van der Waals surface area (Å²) < 4.78 is 31.5. The molecule has 2 aliphatic rings. The Morgan fingerprint density at radius 1 is 1.03 bits per heavy atom. The molecule has 2 aliphatic heterocycles. The third-order valence-electron chi connectivity index (χ3n) is 6.30. The number of hydroxylamine groups is 1. The summed E-state index contributed by atoms with van der Waals surface area (Å²) >= 11 is 0. The average molecular weight is 492 g/mol. The lowest BCUT2D eigenvalue weighted by Crippen LogP contribution is -2.41. The van der Waals surface area contributed by atoms with Crippen molar-refractivity contribution in [3.8, 4) is 22.6 Å². The molecule has 5 rings (SSSR count). The predicted molar refractivity (Wildman–Crippen MR) is 131 cm³/mol. The van der Waals surface area contributed by atoms with E-state index >= 15 is 4.39 Å². The van der Waals surface area contributed by atoms with Crippen LogP contribution in [-0.2, 0) is 11.3 Å². The molecule has 0 spiro atoms. The highest BCUT2D eigenvalue weighted by molar-refractivity contribution is 5.93. The number of benzene rings is 3. The number of morpholine rings is 1. The number of ether oxygens (including phenoxy) is 3. The van der Waals surface area contributed by atoms with E-state index in [1.165, 1.54) is 11.5 Å². The number of halogens is 1. The quantitative estimate of drug-likeness (QED) is 0.380. The van der Waals surface area contributed by atoms with Crippen LogP contribution < -0.4 is 19.9 Å². The van der Waals surface area contributed by atoms with E-state index < -0.39 is 11.7 Å².